The zero-order chi connectivity index (χ0) is 12.3. The maximum absolute atomic E-state index is 5.87. The van der Waals surface area contributed by atoms with Gasteiger partial charge in [-0.05, 0) is 31.2 Å². The number of ether oxygens (including phenoxy) is 1. The van der Waals surface area contributed by atoms with Crippen molar-refractivity contribution in [1.29, 1.82) is 0 Å². The van der Waals surface area contributed by atoms with E-state index in [-0.39, 0.29) is 0 Å². The molecule has 0 aliphatic heterocycles. The van der Waals surface area contributed by atoms with E-state index in [4.69, 9.17) is 9.15 Å². The highest BCUT2D eigenvalue weighted by atomic mass is 16.5. The van der Waals surface area contributed by atoms with E-state index < -0.39 is 0 Å². The molecule has 1 N–H and O–H groups in total. The van der Waals surface area contributed by atoms with Gasteiger partial charge in [-0.25, -0.2) is 0 Å². The Bertz CT molecular complexity index is 502. The maximum atomic E-state index is 5.87. The van der Waals surface area contributed by atoms with Crippen molar-refractivity contribution >= 4 is 11.0 Å². The van der Waals surface area contributed by atoms with Gasteiger partial charge in [-0.1, -0.05) is 13.8 Å². The van der Waals surface area contributed by atoms with Gasteiger partial charge in [-0.2, -0.15) is 0 Å². The summed E-state index contributed by atoms with van der Waals surface area (Å²) in [4.78, 5) is 0. The second-order valence-electron chi connectivity index (χ2n) is 4.00. The molecular weight excluding hydrogens is 214 g/mol. The lowest BCUT2D eigenvalue weighted by Gasteiger charge is -2.01. The Labute approximate surface area is 102 Å². The highest BCUT2D eigenvalue weighted by Crippen LogP contribution is 2.29. The molecule has 1 aromatic carbocycles. The molecule has 2 aromatic rings. The minimum absolute atomic E-state index is 0.788. The first kappa shape index (κ1) is 12.0. The lowest BCUT2D eigenvalue weighted by Crippen LogP contribution is -2.12. The van der Waals surface area contributed by atoms with E-state index in [1.807, 2.05) is 18.2 Å². The van der Waals surface area contributed by atoms with E-state index in [0.29, 0.717) is 0 Å². The van der Waals surface area contributed by atoms with Crippen LogP contribution in [0.2, 0.25) is 0 Å². The van der Waals surface area contributed by atoms with E-state index in [1.165, 1.54) is 10.9 Å². The SMILES string of the molecule is CCNCc1oc2ccc(OC)cc2c1CC. The molecule has 1 aromatic heterocycles. The van der Waals surface area contributed by atoms with Crippen LogP contribution in [-0.2, 0) is 13.0 Å². The molecule has 0 saturated heterocycles. The molecule has 3 nitrogen and oxygen atoms in total. The molecule has 0 amide bonds. The summed E-state index contributed by atoms with van der Waals surface area (Å²) < 4.78 is 11.1. The molecule has 3 heteroatoms. The summed E-state index contributed by atoms with van der Waals surface area (Å²) in [6.45, 7) is 5.98. The van der Waals surface area contributed by atoms with Crippen LogP contribution in [0.5, 0.6) is 5.75 Å². The van der Waals surface area contributed by atoms with Crippen molar-refractivity contribution in [3.05, 3.63) is 29.5 Å². The van der Waals surface area contributed by atoms with E-state index in [2.05, 4.69) is 19.2 Å². The number of hydrogen-bond donors (Lipinski definition) is 1. The Morgan fingerprint density at radius 1 is 1.29 bits per heavy atom. The van der Waals surface area contributed by atoms with Crippen molar-refractivity contribution in [3.63, 3.8) is 0 Å². The first-order valence-corrected chi connectivity index (χ1v) is 6.09. The van der Waals surface area contributed by atoms with Crippen molar-refractivity contribution in [1.82, 2.24) is 5.32 Å². The van der Waals surface area contributed by atoms with Crippen LogP contribution in [0.4, 0.5) is 0 Å². The summed E-state index contributed by atoms with van der Waals surface area (Å²) in [5.41, 5.74) is 2.22. The number of benzene rings is 1. The summed E-state index contributed by atoms with van der Waals surface area (Å²) in [6, 6.07) is 5.96. The minimum Gasteiger partial charge on any atom is -0.497 e. The average molecular weight is 233 g/mol. The van der Waals surface area contributed by atoms with Gasteiger partial charge < -0.3 is 14.5 Å². The molecule has 0 saturated carbocycles. The first-order chi connectivity index (χ1) is 8.30. The zero-order valence-corrected chi connectivity index (χ0v) is 10.7. The van der Waals surface area contributed by atoms with Gasteiger partial charge in [-0.15, -0.1) is 0 Å². The normalized spacial score (nSPS) is 11.0. The van der Waals surface area contributed by atoms with Crippen molar-refractivity contribution in [2.45, 2.75) is 26.8 Å². The van der Waals surface area contributed by atoms with Gasteiger partial charge in [0.2, 0.25) is 0 Å². The van der Waals surface area contributed by atoms with Gasteiger partial charge in [0.1, 0.15) is 17.1 Å². The average Bonchev–Trinajstić information content (AvgIpc) is 2.72. The van der Waals surface area contributed by atoms with Crippen LogP contribution in [0.3, 0.4) is 0 Å². The van der Waals surface area contributed by atoms with Crippen LogP contribution in [-0.4, -0.2) is 13.7 Å². The maximum Gasteiger partial charge on any atom is 0.134 e. The summed E-state index contributed by atoms with van der Waals surface area (Å²) in [5, 5.41) is 4.47. The number of methoxy groups -OCH3 is 1. The number of aryl methyl sites for hydroxylation is 1. The Morgan fingerprint density at radius 3 is 2.76 bits per heavy atom. The van der Waals surface area contributed by atoms with Crippen LogP contribution in [0.15, 0.2) is 22.6 Å². The third kappa shape index (κ3) is 2.29. The monoisotopic (exact) mass is 233 g/mol. The standard InChI is InChI=1S/C14H19NO2/c1-4-11-12-8-10(16-3)6-7-13(12)17-14(11)9-15-5-2/h6-8,15H,4-5,9H2,1-3H3. The van der Waals surface area contributed by atoms with Crippen LogP contribution < -0.4 is 10.1 Å². The van der Waals surface area contributed by atoms with Crippen LogP contribution in [0, 0.1) is 0 Å². The molecular formula is C14H19NO2. The summed E-state index contributed by atoms with van der Waals surface area (Å²) >= 11 is 0. The Balaban J connectivity index is 2.47. The molecule has 0 bridgehead atoms. The molecule has 0 spiro atoms. The Hall–Kier alpha value is -1.48. The largest absolute Gasteiger partial charge is 0.497 e. The molecule has 0 aliphatic carbocycles. The minimum atomic E-state index is 0.788. The van der Waals surface area contributed by atoms with E-state index in [0.717, 1.165) is 36.6 Å². The predicted molar refractivity (Wildman–Crippen MR) is 69.5 cm³/mol. The fourth-order valence-electron chi connectivity index (χ4n) is 2.07. The van der Waals surface area contributed by atoms with E-state index in [1.54, 1.807) is 7.11 Å². The number of hydrogen-bond acceptors (Lipinski definition) is 3. The number of rotatable bonds is 5. The van der Waals surface area contributed by atoms with Gasteiger partial charge >= 0.3 is 0 Å². The lowest BCUT2D eigenvalue weighted by molar-refractivity contribution is 0.415. The molecule has 0 fully saturated rings. The molecule has 0 atom stereocenters. The lowest BCUT2D eigenvalue weighted by atomic mass is 10.1. The van der Waals surface area contributed by atoms with Crippen molar-refractivity contribution in [2.75, 3.05) is 13.7 Å². The number of nitrogens with one attached hydrogen (secondary N) is 1. The highest BCUT2D eigenvalue weighted by molar-refractivity contribution is 5.83. The van der Waals surface area contributed by atoms with Gasteiger partial charge in [0.15, 0.2) is 0 Å². The van der Waals surface area contributed by atoms with Crippen LogP contribution in [0.25, 0.3) is 11.0 Å². The second-order valence-corrected chi connectivity index (χ2v) is 4.00. The Morgan fingerprint density at radius 2 is 2.12 bits per heavy atom. The molecule has 0 radical (unpaired) electrons. The van der Waals surface area contributed by atoms with Crippen LogP contribution >= 0.6 is 0 Å². The smallest absolute Gasteiger partial charge is 0.134 e. The van der Waals surface area contributed by atoms with Crippen LogP contribution in [0.1, 0.15) is 25.2 Å². The molecule has 2 rings (SSSR count). The molecule has 92 valence electrons. The van der Waals surface area contributed by atoms with Gasteiger partial charge in [0.25, 0.3) is 0 Å². The summed E-state index contributed by atoms with van der Waals surface area (Å²) in [6.07, 6.45) is 0.973. The van der Waals surface area contributed by atoms with Crippen molar-refractivity contribution in [2.24, 2.45) is 0 Å². The zero-order valence-electron chi connectivity index (χ0n) is 10.7. The molecule has 0 aliphatic rings. The quantitative estimate of drug-likeness (QED) is 0.861. The van der Waals surface area contributed by atoms with E-state index in [9.17, 15) is 0 Å². The number of furan rings is 1. The predicted octanol–water partition coefficient (Wildman–Crippen LogP) is 3.11. The molecule has 17 heavy (non-hydrogen) atoms. The highest BCUT2D eigenvalue weighted by Gasteiger charge is 2.12. The van der Waals surface area contributed by atoms with Gasteiger partial charge in [-0.3, -0.25) is 0 Å². The fourth-order valence-corrected chi connectivity index (χ4v) is 2.07. The molecule has 0 unspecified atom stereocenters. The first-order valence-electron chi connectivity index (χ1n) is 6.09. The second kappa shape index (κ2) is 5.23. The van der Waals surface area contributed by atoms with Crippen molar-refractivity contribution < 1.29 is 9.15 Å². The summed E-state index contributed by atoms with van der Waals surface area (Å²) in [7, 11) is 1.69. The van der Waals surface area contributed by atoms with Gasteiger partial charge in [0.05, 0.1) is 13.7 Å². The fraction of sp³-hybridized carbons (Fsp3) is 0.429. The topological polar surface area (TPSA) is 34.4 Å². The summed E-state index contributed by atoms with van der Waals surface area (Å²) in [5.74, 6) is 1.92. The number of fused-ring (bicyclic) bond motifs is 1. The Kier molecular flexibility index (Phi) is 3.69. The van der Waals surface area contributed by atoms with Gasteiger partial charge in [0, 0.05) is 10.9 Å². The molecule has 1 heterocycles. The third-order valence-electron chi connectivity index (χ3n) is 2.97. The third-order valence-corrected chi connectivity index (χ3v) is 2.97. The van der Waals surface area contributed by atoms with Crippen molar-refractivity contribution in [3.8, 4) is 5.75 Å². The van der Waals surface area contributed by atoms with E-state index >= 15 is 0 Å².